The summed E-state index contributed by atoms with van der Waals surface area (Å²) in [6.07, 6.45) is 7.01. The van der Waals surface area contributed by atoms with Crippen LogP contribution in [-0.2, 0) is 9.47 Å². The summed E-state index contributed by atoms with van der Waals surface area (Å²) in [5.41, 5.74) is 0. The highest BCUT2D eigenvalue weighted by atomic mass is 16.6. The van der Waals surface area contributed by atoms with Gasteiger partial charge < -0.3 is 14.6 Å². The standard InChI is InChI=1S/C10H20O2.CH4O/c1-2-3-4-5-6-7-11-8-10-9-12-10;1-2/h10H,2-9H2,1H3;2H,1H3. The van der Waals surface area contributed by atoms with E-state index in [9.17, 15) is 0 Å². The highest BCUT2D eigenvalue weighted by Gasteiger charge is 2.21. The van der Waals surface area contributed by atoms with Crippen molar-refractivity contribution in [3.05, 3.63) is 0 Å². The third-order valence-corrected chi connectivity index (χ3v) is 2.10. The number of aliphatic hydroxyl groups excluding tert-OH is 1. The Labute approximate surface area is 87.4 Å². The fourth-order valence-corrected chi connectivity index (χ4v) is 1.19. The molecule has 1 saturated heterocycles. The lowest BCUT2D eigenvalue weighted by Gasteiger charge is -2.01. The first kappa shape index (κ1) is 13.9. The number of ether oxygens (including phenoxy) is 2. The van der Waals surface area contributed by atoms with Gasteiger partial charge in [0.2, 0.25) is 0 Å². The number of rotatable bonds is 8. The molecule has 0 spiro atoms. The first-order valence-electron chi connectivity index (χ1n) is 5.57. The van der Waals surface area contributed by atoms with Crippen LogP contribution in [-0.4, -0.2) is 38.1 Å². The monoisotopic (exact) mass is 204 g/mol. The number of hydrogen-bond donors (Lipinski definition) is 1. The van der Waals surface area contributed by atoms with Crippen molar-refractivity contribution in [2.45, 2.75) is 45.1 Å². The van der Waals surface area contributed by atoms with Gasteiger partial charge in [-0.05, 0) is 6.42 Å². The minimum absolute atomic E-state index is 0.431. The van der Waals surface area contributed by atoms with Crippen molar-refractivity contribution in [3.63, 3.8) is 0 Å². The zero-order valence-corrected chi connectivity index (χ0v) is 9.50. The molecule has 0 radical (unpaired) electrons. The third kappa shape index (κ3) is 9.96. The molecule has 14 heavy (non-hydrogen) atoms. The molecule has 0 aromatic rings. The van der Waals surface area contributed by atoms with Gasteiger partial charge in [-0.2, -0.15) is 0 Å². The van der Waals surface area contributed by atoms with Crippen LogP contribution in [0.4, 0.5) is 0 Å². The van der Waals surface area contributed by atoms with E-state index in [1.165, 1.54) is 32.1 Å². The van der Waals surface area contributed by atoms with Gasteiger partial charge in [0.05, 0.1) is 13.2 Å². The van der Waals surface area contributed by atoms with E-state index in [0.717, 1.165) is 26.9 Å². The van der Waals surface area contributed by atoms with Crippen molar-refractivity contribution < 1.29 is 14.6 Å². The van der Waals surface area contributed by atoms with Gasteiger partial charge in [0.25, 0.3) is 0 Å². The lowest BCUT2D eigenvalue weighted by Crippen LogP contribution is -2.02. The van der Waals surface area contributed by atoms with E-state index in [2.05, 4.69) is 6.92 Å². The molecule has 3 heteroatoms. The van der Waals surface area contributed by atoms with Crippen molar-refractivity contribution in [1.29, 1.82) is 0 Å². The third-order valence-electron chi connectivity index (χ3n) is 2.10. The zero-order valence-electron chi connectivity index (χ0n) is 9.50. The molecule has 1 unspecified atom stereocenters. The van der Waals surface area contributed by atoms with Crippen LogP contribution in [0.3, 0.4) is 0 Å². The number of hydrogen-bond acceptors (Lipinski definition) is 3. The Balaban J connectivity index is 0.000000791. The molecule has 3 nitrogen and oxygen atoms in total. The van der Waals surface area contributed by atoms with Crippen LogP contribution >= 0.6 is 0 Å². The van der Waals surface area contributed by atoms with Gasteiger partial charge in [-0.25, -0.2) is 0 Å². The van der Waals surface area contributed by atoms with Crippen LogP contribution in [0.5, 0.6) is 0 Å². The smallest absolute Gasteiger partial charge is 0.104 e. The molecule has 86 valence electrons. The maximum absolute atomic E-state index is 7.00. The van der Waals surface area contributed by atoms with E-state index in [4.69, 9.17) is 14.6 Å². The second kappa shape index (κ2) is 11.0. The normalized spacial score (nSPS) is 18.6. The van der Waals surface area contributed by atoms with Gasteiger partial charge in [0, 0.05) is 13.7 Å². The molecule has 1 rings (SSSR count). The molecule has 1 aliphatic rings. The first-order valence-corrected chi connectivity index (χ1v) is 5.57. The Bertz CT molecular complexity index is 103. The van der Waals surface area contributed by atoms with E-state index in [1.807, 2.05) is 0 Å². The number of epoxide rings is 1. The highest BCUT2D eigenvalue weighted by Crippen LogP contribution is 2.09. The van der Waals surface area contributed by atoms with E-state index in [-0.39, 0.29) is 0 Å². The summed E-state index contributed by atoms with van der Waals surface area (Å²) in [5, 5.41) is 7.00. The fourth-order valence-electron chi connectivity index (χ4n) is 1.19. The highest BCUT2D eigenvalue weighted by molar-refractivity contribution is 4.66. The van der Waals surface area contributed by atoms with Gasteiger partial charge in [0.1, 0.15) is 6.10 Å². The fraction of sp³-hybridized carbons (Fsp3) is 1.00. The topological polar surface area (TPSA) is 42.0 Å². The zero-order chi connectivity index (χ0) is 10.6. The Morgan fingerprint density at radius 1 is 1.21 bits per heavy atom. The molecule has 1 heterocycles. The Morgan fingerprint density at radius 2 is 1.86 bits per heavy atom. The minimum Gasteiger partial charge on any atom is -0.400 e. The molecule has 1 aliphatic heterocycles. The minimum atomic E-state index is 0.431. The van der Waals surface area contributed by atoms with Crippen LogP contribution in [0.2, 0.25) is 0 Å². The predicted molar refractivity (Wildman–Crippen MR) is 57.5 cm³/mol. The van der Waals surface area contributed by atoms with Crippen molar-refractivity contribution >= 4 is 0 Å². The molecule has 0 bridgehead atoms. The van der Waals surface area contributed by atoms with Gasteiger partial charge in [0.15, 0.2) is 0 Å². The van der Waals surface area contributed by atoms with Gasteiger partial charge in [-0.1, -0.05) is 32.6 Å². The second-order valence-electron chi connectivity index (χ2n) is 3.44. The van der Waals surface area contributed by atoms with Gasteiger partial charge >= 0.3 is 0 Å². The summed E-state index contributed by atoms with van der Waals surface area (Å²) in [6.45, 7) is 4.88. The molecule has 0 aliphatic carbocycles. The Morgan fingerprint density at radius 3 is 2.43 bits per heavy atom. The molecule has 1 atom stereocenters. The predicted octanol–water partition coefficient (Wildman–Crippen LogP) is 1.98. The van der Waals surface area contributed by atoms with E-state index >= 15 is 0 Å². The summed E-state index contributed by atoms with van der Waals surface area (Å²) < 4.78 is 10.4. The summed E-state index contributed by atoms with van der Waals surface area (Å²) in [7, 11) is 1.00. The van der Waals surface area contributed by atoms with E-state index in [0.29, 0.717) is 6.10 Å². The first-order chi connectivity index (χ1) is 6.93. The lowest BCUT2D eigenvalue weighted by molar-refractivity contribution is 0.113. The van der Waals surface area contributed by atoms with Crippen LogP contribution in [0.15, 0.2) is 0 Å². The molecule has 1 fully saturated rings. The molecule has 0 aromatic carbocycles. The maximum Gasteiger partial charge on any atom is 0.104 e. The van der Waals surface area contributed by atoms with Gasteiger partial charge in [-0.15, -0.1) is 0 Å². The number of unbranched alkanes of at least 4 members (excludes halogenated alkanes) is 4. The van der Waals surface area contributed by atoms with Crippen LogP contribution in [0.1, 0.15) is 39.0 Å². The maximum atomic E-state index is 7.00. The van der Waals surface area contributed by atoms with E-state index < -0.39 is 0 Å². The van der Waals surface area contributed by atoms with Gasteiger partial charge in [-0.3, -0.25) is 0 Å². The summed E-state index contributed by atoms with van der Waals surface area (Å²) in [5.74, 6) is 0. The SMILES string of the molecule is CCCCCCCOCC1CO1.CO. The van der Waals surface area contributed by atoms with Crippen molar-refractivity contribution in [3.8, 4) is 0 Å². The summed E-state index contributed by atoms with van der Waals surface area (Å²) in [6, 6.07) is 0. The summed E-state index contributed by atoms with van der Waals surface area (Å²) in [4.78, 5) is 0. The molecular weight excluding hydrogens is 180 g/mol. The Kier molecular flexibility index (Phi) is 10.9. The molecular formula is C11H24O3. The molecule has 1 N–H and O–H groups in total. The van der Waals surface area contributed by atoms with Crippen LogP contribution in [0, 0.1) is 0 Å². The number of aliphatic hydroxyl groups is 1. The average Bonchev–Trinajstić information content (AvgIpc) is 3.04. The lowest BCUT2D eigenvalue weighted by atomic mass is 10.2. The average molecular weight is 204 g/mol. The Hall–Kier alpha value is -0.120. The molecule has 0 aromatic heterocycles. The van der Waals surface area contributed by atoms with Crippen molar-refractivity contribution in [2.24, 2.45) is 0 Å². The molecule has 0 amide bonds. The molecule has 0 saturated carbocycles. The quantitative estimate of drug-likeness (QED) is 0.485. The largest absolute Gasteiger partial charge is 0.400 e. The van der Waals surface area contributed by atoms with Crippen molar-refractivity contribution in [1.82, 2.24) is 0 Å². The van der Waals surface area contributed by atoms with Crippen molar-refractivity contribution in [2.75, 3.05) is 26.9 Å². The van der Waals surface area contributed by atoms with E-state index in [1.54, 1.807) is 0 Å². The van der Waals surface area contributed by atoms with Crippen LogP contribution < -0.4 is 0 Å². The van der Waals surface area contributed by atoms with Crippen LogP contribution in [0.25, 0.3) is 0 Å². The summed E-state index contributed by atoms with van der Waals surface area (Å²) >= 11 is 0. The second-order valence-corrected chi connectivity index (χ2v) is 3.44.